The number of carboxylic acids is 1. The van der Waals surface area contributed by atoms with Crippen molar-refractivity contribution >= 4 is 37.8 Å². The van der Waals surface area contributed by atoms with Crippen LogP contribution in [0.1, 0.15) is 16.1 Å². The summed E-state index contributed by atoms with van der Waals surface area (Å²) in [5.74, 6) is -0.660. The first-order valence-corrected chi connectivity index (χ1v) is 6.42. The van der Waals surface area contributed by atoms with Gasteiger partial charge < -0.3 is 14.1 Å². The average molecular weight is 377 g/mol. The molecule has 0 aliphatic heterocycles. The number of aromatic nitrogens is 1. The van der Waals surface area contributed by atoms with Crippen LogP contribution >= 0.6 is 31.9 Å². The lowest BCUT2D eigenvalue weighted by Crippen LogP contribution is -2.20. The highest BCUT2D eigenvalue weighted by molar-refractivity contribution is 9.11. The zero-order valence-corrected chi connectivity index (χ0v) is 12.1. The molecule has 0 radical (unpaired) electrons. The first-order chi connectivity index (χ1) is 8.47. The molecule has 0 atom stereocenters. The number of hydrogen-bond acceptors (Lipinski definition) is 3. The molecule has 0 amide bonds. The molecular formula is C11H7Br2NO4. The van der Waals surface area contributed by atoms with Crippen molar-refractivity contribution in [1.29, 1.82) is 0 Å². The van der Waals surface area contributed by atoms with Gasteiger partial charge in [0, 0.05) is 10.7 Å². The van der Waals surface area contributed by atoms with Gasteiger partial charge in [-0.25, -0.2) is 4.79 Å². The Bertz CT molecular complexity index is 659. The third-order valence-electron chi connectivity index (χ3n) is 2.24. The number of rotatable bonds is 3. The Kier molecular flexibility index (Phi) is 3.72. The van der Waals surface area contributed by atoms with Crippen molar-refractivity contribution < 1.29 is 14.3 Å². The molecule has 7 heteroatoms. The van der Waals surface area contributed by atoms with E-state index in [-0.39, 0.29) is 17.7 Å². The fourth-order valence-corrected chi connectivity index (χ4v) is 2.68. The molecule has 0 spiro atoms. The minimum absolute atomic E-state index is 0.0621. The molecule has 2 rings (SSSR count). The molecule has 0 bridgehead atoms. The van der Waals surface area contributed by atoms with Crippen molar-refractivity contribution in [2.24, 2.45) is 0 Å². The summed E-state index contributed by atoms with van der Waals surface area (Å²) in [4.78, 5) is 22.5. The van der Waals surface area contributed by atoms with Crippen LogP contribution in [0.5, 0.6) is 0 Å². The van der Waals surface area contributed by atoms with Crippen molar-refractivity contribution in [2.45, 2.75) is 6.54 Å². The first-order valence-electron chi connectivity index (χ1n) is 4.83. The molecule has 0 unspecified atom stereocenters. The molecule has 5 nitrogen and oxygen atoms in total. The van der Waals surface area contributed by atoms with Gasteiger partial charge in [0.2, 0.25) is 0 Å². The average Bonchev–Trinajstić information content (AvgIpc) is 2.74. The predicted molar refractivity (Wildman–Crippen MR) is 70.9 cm³/mol. The highest BCUT2D eigenvalue weighted by atomic mass is 79.9. The number of halogens is 2. The molecule has 0 saturated carbocycles. The van der Waals surface area contributed by atoms with E-state index in [9.17, 15) is 9.59 Å². The van der Waals surface area contributed by atoms with Gasteiger partial charge in [-0.1, -0.05) is 0 Å². The molecule has 94 valence electrons. The van der Waals surface area contributed by atoms with Gasteiger partial charge in [-0.3, -0.25) is 4.79 Å². The maximum Gasteiger partial charge on any atom is 0.338 e. The Balaban J connectivity index is 2.34. The highest BCUT2D eigenvalue weighted by Gasteiger charge is 2.10. The van der Waals surface area contributed by atoms with Crippen LogP contribution in [0.25, 0.3) is 0 Å². The van der Waals surface area contributed by atoms with Crippen molar-refractivity contribution in [3.05, 3.63) is 55.2 Å². The lowest BCUT2D eigenvalue weighted by Gasteiger charge is -2.04. The summed E-state index contributed by atoms with van der Waals surface area (Å²) >= 11 is 6.43. The maximum absolute atomic E-state index is 11.8. The van der Waals surface area contributed by atoms with E-state index in [1.807, 2.05) is 0 Å². The smallest absolute Gasteiger partial charge is 0.338 e. The monoisotopic (exact) mass is 375 g/mol. The standard InChI is InChI=1S/C11H7Br2NO4/c12-7-2-9(13)10(15)14(3-7)4-8-1-6(5-18-8)11(16)17/h1-3,5H,4H2,(H,16,17). The van der Waals surface area contributed by atoms with Crippen LogP contribution in [0.15, 0.2) is 42.7 Å². The minimum Gasteiger partial charge on any atom is -0.478 e. The van der Waals surface area contributed by atoms with Gasteiger partial charge in [-0.05, 0) is 44.0 Å². The predicted octanol–water partition coefficient (Wildman–Crippen LogP) is 2.71. The summed E-state index contributed by atoms with van der Waals surface area (Å²) in [5, 5.41) is 8.76. The first kappa shape index (κ1) is 13.1. The SMILES string of the molecule is O=C(O)c1coc(Cn2cc(Br)cc(Br)c2=O)c1. The van der Waals surface area contributed by atoms with Crippen LogP contribution in [-0.2, 0) is 6.54 Å². The van der Waals surface area contributed by atoms with Crippen LogP contribution in [0.4, 0.5) is 0 Å². The Morgan fingerprint density at radius 3 is 2.72 bits per heavy atom. The number of carbonyl (C=O) groups is 1. The molecule has 0 aromatic carbocycles. The van der Waals surface area contributed by atoms with E-state index in [0.717, 1.165) is 10.7 Å². The number of nitrogens with zero attached hydrogens (tertiary/aromatic N) is 1. The van der Waals surface area contributed by atoms with E-state index >= 15 is 0 Å². The van der Waals surface area contributed by atoms with Crippen molar-refractivity contribution in [3.63, 3.8) is 0 Å². The normalized spacial score (nSPS) is 10.6. The summed E-state index contributed by atoms with van der Waals surface area (Å²) in [6, 6.07) is 3.03. The quantitative estimate of drug-likeness (QED) is 0.893. The van der Waals surface area contributed by atoms with E-state index in [1.54, 1.807) is 12.3 Å². The number of hydrogen-bond donors (Lipinski definition) is 1. The Morgan fingerprint density at radius 2 is 2.11 bits per heavy atom. The summed E-state index contributed by atoms with van der Waals surface area (Å²) in [5.41, 5.74) is -0.154. The van der Waals surface area contributed by atoms with Crippen molar-refractivity contribution in [1.82, 2.24) is 4.57 Å². The van der Waals surface area contributed by atoms with Gasteiger partial charge in [0.15, 0.2) is 0 Å². The summed E-state index contributed by atoms with van der Waals surface area (Å²) < 4.78 is 7.66. The van der Waals surface area contributed by atoms with Gasteiger partial charge in [-0.2, -0.15) is 0 Å². The van der Waals surface area contributed by atoms with Crippen LogP contribution in [-0.4, -0.2) is 15.6 Å². The van der Waals surface area contributed by atoms with E-state index in [1.165, 1.54) is 10.6 Å². The van der Waals surface area contributed by atoms with Crippen molar-refractivity contribution in [3.8, 4) is 0 Å². The second-order valence-corrected chi connectivity index (χ2v) is 5.32. The molecule has 0 fully saturated rings. The molecule has 1 N–H and O–H groups in total. The summed E-state index contributed by atoms with van der Waals surface area (Å²) in [7, 11) is 0. The molecule has 0 aliphatic rings. The summed E-state index contributed by atoms with van der Waals surface area (Å²) in [6.07, 6.45) is 2.76. The Labute approximate surface area is 118 Å². The number of carboxylic acid groups (broad SMARTS) is 1. The maximum atomic E-state index is 11.8. The minimum atomic E-state index is -1.06. The van der Waals surface area contributed by atoms with Crippen LogP contribution in [0, 0.1) is 0 Å². The lowest BCUT2D eigenvalue weighted by atomic mass is 10.3. The van der Waals surface area contributed by atoms with Gasteiger partial charge in [-0.15, -0.1) is 0 Å². The molecule has 0 saturated heterocycles. The van der Waals surface area contributed by atoms with Crippen molar-refractivity contribution in [2.75, 3.05) is 0 Å². The van der Waals surface area contributed by atoms with E-state index in [4.69, 9.17) is 9.52 Å². The Morgan fingerprint density at radius 1 is 1.39 bits per heavy atom. The number of furan rings is 1. The highest BCUT2D eigenvalue weighted by Crippen LogP contribution is 2.15. The zero-order valence-electron chi connectivity index (χ0n) is 8.89. The number of pyridine rings is 1. The topological polar surface area (TPSA) is 72.4 Å². The van der Waals surface area contributed by atoms with Gasteiger partial charge in [0.05, 0.1) is 16.6 Å². The summed E-state index contributed by atoms with van der Waals surface area (Å²) in [6.45, 7) is 0.171. The molecule has 2 aromatic heterocycles. The molecule has 2 aromatic rings. The third-order valence-corrected chi connectivity index (χ3v) is 3.24. The molecule has 18 heavy (non-hydrogen) atoms. The second kappa shape index (κ2) is 5.11. The fourth-order valence-electron chi connectivity index (χ4n) is 1.43. The van der Waals surface area contributed by atoms with Crippen LogP contribution in [0.2, 0.25) is 0 Å². The largest absolute Gasteiger partial charge is 0.478 e. The lowest BCUT2D eigenvalue weighted by molar-refractivity contribution is 0.0696. The fraction of sp³-hybridized carbons (Fsp3) is 0.0909. The van der Waals surface area contributed by atoms with E-state index < -0.39 is 5.97 Å². The Hall–Kier alpha value is -1.34. The number of aromatic carboxylic acids is 1. The van der Waals surface area contributed by atoms with Crippen LogP contribution in [0.3, 0.4) is 0 Å². The van der Waals surface area contributed by atoms with Gasteiger partial charge in [0.25, 0.3) is 5.56 Å². The second-order valence-electron chi connectivity index (χ2n) is 3.55. The van der Waals surface area contributed by atoms with Crippen LogP contribution < -0.4 is 5.56 Å². The van der Waals surface area contributed by atoms with E-state index in [0.29, 0.717) is 10.2 Å². The van der Waals surface area contributed by atoms with Gasteiger partial charge in [0.1, 0.15) is 12.0 Å². The molecule has 0 aliphatic carbocycles. The van der Waals surface area contributed by atoms with Gasteiger partial charge >= 0.3 is 5.97 Å². The van der Waals surface area contributed by atoms with E-state index in [2.05, 4.69) is 31.9 Å². The molecule has 2 heterocycles. The third kappa shape index (κ3) is 2.73. The zero-order chi connectivity index (χ0) is 13.3. The molecular weight excluding hydrogens is 370 g/mol.